The second-order valence-electron chi connectivity index (χ2n) is 7.24. The van der Waals surface area contributed by atoms with Gasteiger partial charge in [-0.3, -0.25) is 5.43 Å². The lowest BCUT2D eigenvalue weighted by Gasteiger charge is -2.33. The van der Waals surface area contributed by atoms with Gasteiger partial charge in [-0.1, -0.05) is 12.1 Å². The zero-order valence-electron chi connectivity index (χ0n) is 15.5. The fraction of sp³-hybridized carbons (Fsp3) is 0.579. The second-order valence-corrected chi connectivity index (χ2v) is 7.65. The van der Waals surface area contributed by atoms with Gasteiger partial charge in [-0.15, -0.1) is 0 Å². The molecule has 0 radical (unpaired) electrons. The SMILES string of the molecule is CC(C)Oc1ccc(CNC(=S)N/N=C/C2CCOC(C)(C)C2)cc1. The zero-order chi connectivity index (χ0) is 18.3. The van der Waals surface area contributed by atoms with Crippen LogP contribution in [0.15, 0.2) is 29.4 Å². The summed E-state index contributed by atoms with van der Waals surface area (Å²) >= 11 is 5.26. The van der Waals surface area contributed by atoms with E-state index >= 15 is 0 Å². The first-order valence-corrected chi connectivity index (χ1v) is 9.21. The minimum atomic E-state index is -0.0703. The summed E-state index contributed by atoms with van der Waals surface area (Å²) in [6.45, 7) is 9.69. The molecule has 0 amide bonds. The summed E-state index contributed by atoms with van der Waals surface area (Å²) in [6, 6.07) is 8.00. The Morgan fingerprint density at radius 1 is 1.40 bits per heavy atom. The van der Waals surface area contributed by atoms with Gasteiger partial charge in [-0.25, -0.2) is 0 Å². The average molecular weight is 364 g/mol. The first-order valence-electron chi connectivity index (χ1n) is 8.81. The molecule has 0 spiro atoms. The molecule has 2 rings (SSSR count). The Kier molecular flexibility index (Phi) is 7.20. The van der Waals surface area contributed by atoms with Crippen LogP contribution in [0.25, 0.3) is 0 Å². The smallest absolute Gasteiger partial charge is 0.187 e. The highest BCUT2D eigenvalue weighted by Crippen LogP contribution is 2.27. The largest absolute Gasteiger partial charge is 0.491 e. The van der Waals surface area contributed by atoms with Crippen molar-refractivity contribution >= 4 is 23.5 Å². The van der Waals surface area contributed by atoms with Gasteiger partial charge in [0.15, 0.2) is 5.11 Å². The number of thiocarbonyl (C=S) groups is 1. The van der Waals surface area contributed by atoms with Crippen LogP contribution in [0, 0.1) is 5.92 Å². The van der Waals surface area contributed by atoms with Crippen molar-refractivity contribution in [3.8, 4) is 5.75 Å². The van der Waals surface area contributed by atoms with Crippen molar-refractivity contribution in [1.29, 1.82) is 0 Å². The summed E-state index contributed by atoms with van der Waals surface area (Å²) in [6.07, 6.45) is 4.10. The van der Waals surface area contributed by atoms with E-state index in [2.05, 4.69) is 29.7 Å². The molecule has 6 heteroatoms. The summed E-state index contributed by atoms with van der Waals surface area (Å²) in [7, 11) is 0. The molecule has 1 aliphatic heterocycles. The lowest BCUT2D eigenvalue weighted by molar-refractivity contribution is -0.0608. The molecular formula is C19H29N3O2S. The number of nitrogens with one attached hydrogen (secondary N) is 2. The van der Waals surface area contributed by atoms with Crippen molar-refractivity contribution < 1.29 is 9.47 Å². The van der Waals surface area contributed by atoms with Crippen LogP contribution in [0.5, 0.6) is 5.75 Å². The normalized spacial score (nSPS) is 19.8. The fourth-order valence-electron chi connectivity index (χ4n) is 2.79. The Bertz CT molecular complexity index is 585. The maximum Gasteiger partial charge on any atom is 0.187 e. The summed E-state index contributed by atoms with van der Waals surface area (Å²) < 4.78 is 11.3. The Morgan fingerprint density at radius 3 is 2.76 bits per heavy atom. The van der Waals surface area contributed by atoms with Gasteiger partial charge in [0.05, 0.1) is 11.7 Å². The number of benzene rings is 1. The number of ether oxygens (including phenoxy) is 2. The summed E-state index contributed by atoms with van der Waals surface area (Å²) in [5.41, 5.74) is 3.95. The van der Waals surface area contributed by atoms with Crippen LogP contribution < -0.4 is 15.5 Å². The van der Waals surface area contributed by atoms with E-state index in [1.54, 1.807) is 0 Å². The molecule has 138 valence electrons. The highest BCUT2D eigenvalue weighted by molar-refractivity contribution is 7.80. The minimum absolute atomic E-state index is 0.0703. The first-order chi connectivity index (χ1) is 11.8. The standard InChI is InChI=1S/C19H29N3O2S/c1-14(2)24-17-7-5-15(6-8-17)12-20-18(25)22-21-13-16-9-10-23-19(3,4)11-16/h5-8,13-14,16H,9-12H2,1-4H3,(H2,20,22,25)/b21-13+. The molecule has 1 aromatic carbocycles. The highest BCUT2D eigenvalue weighted by atomic mass is 32.1. The maximum atomic E-state index is 5.71. The molecule has 0 aliphatic carbocycles. The third kappa shape index (κ3) is 7.40. The van der Waals surface area contributed by atoms with E-state index < -0.39 is 0 Å². The van der Waals surface area contributed by atoms with Crippen molar-refractivity contribution in [3.63, 3.8) is 0 Å². The van der Waals surface area contributed by atoms with Gasteiger partial charge < -0.3 is 14.8 Å². The van der Waals surface area contributed by atoms with Crippen LogP contribution >= 0.6 is 12.2 Å². The van der Waals surface area contributed by atoms with E-state index in [0.717, 1.165) is 30.8 Å². The molecule has 1 aliphatic rings. The summed E-state index contributed by atoms with van der Waals surface area (Å²) in [4.78, 5) is 0. The Balaban J connectivity index is 1.71. The van der Waals surface area contributed by atoms with E-state index in [-0.39, 0.29) is 11.7 Å². The molecule has 1 unspecified atom stereocenters. The monoisotopic (exact) mass is 363 g/mol. The van der Waals surface area contributed by atoms with Crippen LogP contribution in [0.1, 0.15) is 46.1 Å². The van der Waals surface area contributed by atoms with E-state index in [1.165, 1.54) is 0 Å². The van der Waals surface area contributed by atoms with Crippen molar-refractivity contribution in [2.45, 2.75) is 58.8 Å². The lowest BCUT2D eigenvalue weighted by Crippen LogP contribution is -2.35. The molecule has 1 fully saturated rings. The third-order valence-corrected chi connectivity index (χ3v) is 4.17. The van der Waals surface area contributed by atoms with Gasteiger partial charge in [0.2, 0.25) is 0 Å². The van der Waals surface area contributed by atoms with Crippen molar-refractivity contribution in [1.82, 2.24) is 10.7 Å². The first kappa shape index (κ1) is 19.7. The van der Waals surface area contributed by atoms with Crippen LogP contribution in [0.3, 0.4) is 0 Å². The zero-order valence-corrected chi connectivity index (χ0v) is 16.4. The maximum absolute atomic E-state index is 5.71. The summed E-state index contributed by atoms with van der Waals surface area (Å²) in [5, 5.41) is 7.94. The lowest BCUT2D eigenvalue weighted by atomic mass is 9.89. The van der Waals surface area contributed by atoms with E-state index in [9.17, 15) is 0 Å². The predicted molar refractivity (Wildman–Crippen MR) is 106 cm³/mol. The molecular weight excluding hydrogens is 334 g/mol. The van der Waals surface area contributed by atoms with Gasteiger partial charge in [0, 0.05) is 25.3 Å². The molecule has 5 nitrogen and oxygen atoms in total. The van der Waals surface area contributed by atoms with Gasteiger partial charge >= 0.3 is 0 Å². The molecule has 1 heterocycles. The predicted octanol–water partition coefficient (Wildman–Crippen LogP) is 3.63. The molecule has 0 saturated carbocycles. The number of hydrogen-bond donors (Lipinski definition) is 2. The van der Waals surface area contributed by atoms with Gasteiger partial charge in [0.25, 0.3) is 0 Å². The van der Waals surface area contributed by atoms with Crippen LogP contribution in [-0.4, -0.2) is 29.6 Å². The Hall–Kier alpha value is -1.66. The molecule has 0 aromatic heterocycles. The van der Waals surface area contributed by atoms with Gasteiger partial charge in [-0.2, -0.15) is 5.10 Å². The van der Waals surface area contributed by atoms with Crippen molar-refractivity contribution in [3.05, 3.63) is 29.8 Å². The van der Waals surface area contributed by atoms with E-state index in [4.69, 9.17) is 21.7 Å². The Morgan fingerprint density at radius 2 is 2.12 bits per heavy atom. The topological polar surface area (TPSA) is 54.9 Å². The molecule has 1 atom stereocenters. The third-order valence-electron chi connectivity index (χ3n) is 3.93. The molecule has 2 N–H and O–H groups in total. The van der Waals surface area contributed by atoms with Gasteiger partial charge in [-0.05, 0) is 70.5 Å². The second kappa shape index (κ2) is 9.15. The molecule has 0 bridgehead atoms. The average Bonchev–Trinajstić information content (AvgIpc) is 2.53. The van der Waals surface area contributed by atoms with Crippen molar-refractivity contribution in [2.75, 3.05) is 6.61 Å². The minimum Gasteiger partial charge on any atom is -0.491 e. The fourth-order valence-corrected chi connectivity index (χ4v) is 2.91. The highest BCUT2D eigenvalue weighted by Gasteiger charge is 2.27. The van der Waals surface area contributed by atoms with Crippen LogP contribution in [0.4, 0.5) is 0 Å². The number of nitrogens with zero attached hydrogens (tertiary/aromatic N) is 1. The molecule has 1 aromatic rings. The van der Waals surface area contributed by atoms with Crippen molar-refractivity contribution in [2.24, 2.45) is 11.0 Å². The van der Waals surface area contributed by atoms with Crippen LogP contribution in [0.2, 0.25) is 0 Å². The van der Waals surface area contributed by atoms with Gasteiger partial charge in [0.1, 0.15) is 5.75 Å². The van der Waals surface area contributed by atoms with E-state index in [0.29, 0.717) is 17.6 Å². The Labute approximate surface area is 156 Å². The molecule has 1 saturated heterocycles. The van der Waals surface area contributed by atoms with E-state index in [1.807, 2.05) is 44.3 Å². The quantitative estimate of drug-likeness (QED) is 0.459. The summed E-state index contributed by atoms with van der Waals surface area (Å²) in [5.74, 6) is 1.30. The van der Waals surface area contributed by atoms with Crippen LogP contribution in [-0.2, 0) is 11.3 Å². The number of hydrogen-bond acceptors (Lipinski definition) is 4. The number of rotatable bonds is 6. The number of hydrazone groups is 1. The molecule has 25 heavy (non-hydrogen) atoms.